The van der Waals surface area contributed by atoms with Crippen molar-refractivity contribution >= 4 is 17.4 Å². The number of hydrogen-bond acceptors (Lipinski definition) is 4. The maximum Gasteiger partial charge on any atom is 0.132 e. The van der Waals surface area contributed by atoms with E-state index >= 15 is 0 Å². The van der Waals surface area contributed by atoms with Gasteiger partial charge in [-0.15, -0.1) is 11.6 Å². The van der Waals surface area contributed by atoms with Gasteiger partial charge >= 0.3 is 0 Å². The summed E-state index contributed by atoms with van der Waals surface area (Å²) in [5.41, 5.74) is 0.988. The van der Waals surface area contributed by atoms with Gasteiger partial charge in [0.25, 0.3) is 0 Å². The van der Waals surface area contributed by atoms with Crippen LogP contribution in [0.5, 0.6) is 0 Å². The molecule has 0 spiro atoms. The molecule has 5 heteroatoms. The Hall–Kier alpha value is -0.870. The van der Waals surface area contributed by atoms with Crippen LogP contribution in [-0.4, -0.2) is 41.6 Å². The largest absolute Gasteiger partial charge is 0.377 e. The molecule has 1 aliphatic heterocycles. The minimum atomic E-state index is 0.212. The van der Waals surface area contributed by atoms with E-state index in [1.165, 1.54) is 0 Å². The summed E-state index contributed by atoms with van der Waals surface area (Å²) in [5, 5.41) is 0. The summed E-state index contributed by atoms with van der Waals surface area (Å²) in [4.78, 5) is 10.9. The van der Waals surface area contributed by atoms with Crippen LogP contribution in [0, 0.1) is 13.8 Å². The van der Waals surface area contributed by atoms with Crippen LogP contribution in [0.1, 0.15) is 11.5 Å². The summed E-state index contributed by atoms with van der Waals surface area (Å²) < 4.78 is 5.42. The predicted octanol–water partition coefficient (Wildman–Crippen LogP) is 1.54. The van der Waals surface area contributed by atoms with Gasteiger partial charge < -0.3 is 9.64 Å². The average Bonchev–Trinajstić information content (AvgIpc) is 2.27. The molecule has 4 nitrogen and oxygen atoms in total. The molecule has 0 radical (unpaired) electrons. The van der Waals surface area contributed by atoms with Crippen molar-refractivity contribution in [1.29, 1.82) is 0 Å². The van der Waals surface area contributed by atoms with E-state index in [0.29, 0.717) is 12.5 Å². The van der Waals surface area contributed by atoms with E-state index in [0.717, 1.165) is 30.5 Å². The number of ether oxygens (including phenoxy) is 1. The SMILES string of the molecule is Cc1cc(N2CCOCC2CCl)nc(C)n1. The number of aromatic nitrogens is 2. The predicted molar refractivity (Wildman–Crippen MR) is 64.2 cm³/mol. The van der Waals surface area contributed by atoms with Crippen LogP contribution >= 0.6 is 11.6 Å². The van der Waals surface area contributed by atoms with E-state index in [4.69, 9.17) is 16.3 Å². The van der Waals surface area contributed by atoms with E-state index in [2.05, 4.69) is 14.9 Å². The third kappa shape index (κ3) is 2.44. The lowest BCUT2D eigenvalue weighted by Crippen LogP contribution is -2.47. The van der Waals surface area contributed by atoms with Crippen LogP contribution in [-0.2, 0) is 4.74 Å². The van der Waals surface area contributed by atoms with Crippen LogP contribution in [0.2, 0.25) is 0 Å². The molecule has 1 aliphatic rings. The fourth-order valence-corrected chi connectivity index (χ4v) is 2.18. The monoisotopic (exact) mass is 241 g/mol. The molecule has 2 heterocycles. The van der Waals surface area contributed by atoms with Gasteiger partial charge in [0, 0.05) is 24.2 Å². The lowest BCUT2D eigenvalue weighted by molar-refractivity contribution is 0.0993. The molecular formula is C11H16ClN3O. The highest BCUT2D eigenvalue weighted by molar-refractivity contribution is 6.18. The minimum absolute atomic E-state index is 0.212. The van der Waals surface area contributed by atoms with Crippen LogP contribution < -0.4 is 4.90 Å². The van der Waals surface area contributed by atoms with Gasteiger partial charge in [-0.3, -0.25) is 0 Å². The topological polar surface area (TPSA) is 38.2 Å². The second-order valence-electron chi connectivity index (χ2n) is 3.99. The van der Waals surface area contributed by atoms with E-state index < -0.39 is 0 Å². The number of alkyl halides is 1. The highest BCUT2D eigenvalue weighted by atomic mass is 35.5. The van der Waals surface area contributed by atoms with Crippen molar-refractivity contribution in [3.8, 4) is 0 Å². The zero-order valence-electron chi connectivity index (χ0n) is 9.61. The standard InChI is InChI=1S/C11H16ClN3O/c1-8-5-11(14-9(2)13-8)15-3-4-16-7-10(15)6-12/h5,10H,3-4,6-7H2,1-2H3. The number of morpholine rings is 1. The fraction of sp³-hybridized carbons (Fsp3) is 0.636. The number of halogens is 1. The summed E-state index contributed by atoms with van der Waals surface area (Å²) in [6.07, 6.45) is 0. The van der Waals surface area contributed by atoms with Gasteiger partial charge in [-0.05, 0) is 13.8 Å². The van der Waals surface area contributed by atoms with E-state index in [9.17, 15) is 0 Å². The molecule has 1 fully saturated rings. The van der Waals surface area contributed by atoms with Crippen LogP contribution in [0.4, 0.5) is 5.82 Å². The first-order valence-electron chi connectivity index (χ1n) is 5.43. The van der Waals surface area contributed by atoms with Crippen LogP contribution in [0.25, 0.3) is 0 Å². The zero-order chi connectivity index (χ0) is 11.5. The molecule has 1 unspecified atom stereocenters. The second-order valence-corrected chi connectivity index (χ2v) is 4.30. The number of nitrogens with zero attached hydrogens (tertiary/aromatic N) is 3. The highest BCUT2D eigenvalue weighted by Gasteiger charge is 2.23. The Balaban J connectivity index is 2.26. The molecule has 1 aromatic rings. The summed E-state index contributed by atoms with van der Waals surface area (Å²) in [7, 11) is 0. The first-order valence-corrected chi connectivity index (χ1v) is 5.97. The normalized spacial score (nSPS) is 21.2. The van der Waals surface area contributed by atoms with E-state index in [-0.39, 0.29) is 6.04 Å². The first-order chi connectivity index (χ1) is 7.70. The summed E-state index contributed by atoms with van der Waals surface area (Å²) in [6.45, 7) is 6.13. The zero-order valence-corrected chi connectivity index (χ0v) is 10.4. The molecule has 0 aromatic carbocycles. The Kier molecular flexibility index (Phi) is 3.61. The average molecular weight is 242 g/mol. The summed E-state index contributed by atoms with van der Waals surface area (Å²) in [6, 6.07) is 2.21. The minimum Gasteiger partial charge on any atom is -0.377 e. The fourth-order valence-electron chi connectivity index (χ4n) is 1.93. The van der Waals surface area contributed by atoms with Gasteiger partial charge in [-0.25, -0.2) is 9.97 Å². The molecular weight excluding hydrogens is 226 g/mol. The molecule has 1 atom stereocenters. The lowest BCUT2D eigenvalue weighted by atomic mass is 10.2. The first kappa shape index (κ1) is 11.6. The Labute approximate surface area is 101 Å². The molecule has 0 saturated carbocycles. The van der Waals surface area contributed by atoms with Crippen molar-refractivity contribution in [3.05, 3.63) is 17.6 Å². The van der Waals surface area contributed by atoms with Crippen molar-refractivity contribution in [2.45, 2.75) is 19.9 Å². The third-order valence-electron chi connectivity index (χ3n) is 2.65. The smallest absolute Gasteiger partial charge is 0.132 e. The summed E-state index contributed by atoms with van der Waals surface area (Å²) in [5.74, 6) is 2.32. The van der Waals surface area contributed by atoms with Gasteiger partial charge in [0.05, 0.1) is 19.3 Å². The number of rotatable bonds is 2. The van der Waals surface area contributed by atoms with Gasteiger partial charge in [-0.1, -0.05) is 0 Å². The molecule has 16 heavy (non-hydrogen) atoms. The van der Waals surface area contributed by atoms with Gasteiger partial charge in [0.2, 0.25) is 0 Å². The van der Waals surface area contributed by atoms with Crippen molar-refractivity contribution in [2.75, 3.05) is 30.5 Å². The van der Waals surface area contributed by atoms with Gasteiger partial charge in [0.15, 0.2) is 0 Å². The molecule has 1 aromatic heterocycles. The third-order valence-corrected chi connectivity index (χ3v) is 3.01. The molecule has 2 rings (SSSR count). The van der Waals surface area contributed by atoms with Gasteiger partial charge in [0.1, 0.15) is 11.6 Å². The van der Waals surface area contributed by atoms with Crippen LogP contribution in [0.3, 0.4) is 0 Å². The van der Waals surface area contributed by atoms with Crippen molar-refractivity contribution in [3.63, 3.8) is 0 Å². The van der Waals surface area contributed by atoms with Crippen molar-refractivity contribution in [2.24, 2.45) is 0 Å². The molecule has 0 aliphatic carbocycles. The Morgan fingerprint density at radius 1 is 1.50 bits per heavy atom. The lowest BCUT2D eigenvalue weighted by Gasteiger charge is -2.35. The van der Waals surface area contributed by atoms with Gasteiger partial charge in [-0.2, -0.15) is 0 Å². The summed E-state index contributed by atoms with van der Waals surface area (Å²) >= 11 is 5.94. The van der Waals surface area contributed by atoms with E-state index in [1.54, 1.807) is 0 Å². The second kappa shape index (κ2) is 4.97. The highest BCUT2D eigenvalue weighted by Crippen LogP contribution is 2.18. The Bertz CT molecular complexity index is 352. The van der Waals surface area contributed by atoms with Crippen LogP contribution in [0.15, 0.2) is 6.07 Å². The number of anilines is 1. The molecule has 88 valence electrons. The number of aryl methyl sites for hydroxylation is 2. The van der Waals surface area contributed by atoms with Crippen molar-refractivity contribution < 1.29 is 4.74 Å². The Morgan fingerprint density at radius 3 is 3.00 bits per heavy atom. The molecule has 1 saturated heterocycles. The Morgan fingerprint density at radius 2 is 2.31 bits per heavy atom. The molecule has 0 bridgehead atoms. The maximum absolute atomic E-state index is 5.94. The molecule has 0 N–H and O–H groups in total. The molecule has 0 amide bonds. The number of hydrogen-bond donors (Lipinski definition) is 0. The quantitative estimate of drug-likeness (QED) is 0.737. The maximum atomic E-state index is 5.94. The van der Waals surface area contributed by atoms with E-state index in [1.807, 2.05) is 19.9 Å². The van der Waals surface area contributed by atoms with Crippen molar-refractivity contribution in [1.82, 2.24) is 9.97 Å².